The Labute approximate surface area is 160 Å². The van der Waals surface area contributed by atoms with Crippen molar-refractivity contribution in [2.24, 2.45) is 11.8 Å². The van der Waals surface area contributed by atoms with Crippen LogP contribution in [-0.2, 0) is 19.9 Å². The van der Waals surface area contributed by atoms with Crippen molar-refractivity contribution < 1.29 is 39.5 Å². The van der Waals surface area contributed by atoms with E-state index in [9.17, 15) is 34.8 Å². The van der Waals surface area contributed by atoms with E-state index in [4.69, 9.17) is 4.74 Å². The number of ketones is 2. The monoisotopic (exact) mass is 390 g/mol. The molecule has 3 aliphatic rings. The predicted molar refractivity (Wildman–Crippen MR) is 93.6 cm³/mol. The van der Waals surface area contributed by atoms with Gasteiger partial charge < -0.3 is 25.2 Å². The molecule has 1 saturated carbocycles. The minimum atomic E-state index is -2.14. The maximum absolute atomic E-state index is 13.2. The number of aliphatic hydroxyl groups is 2. The lowest BCUT2D eigenvalue weighted by molar-refractivity contribution is -0.185. The molecule has 1 aliphatic heterocycles. The first kappa shape index (κ1) is 18.9. The topological polar surface area (TPSA) is 141 Å². The van der Waals surface area contributed by atoms with Crippen LogP contribution in [-0.4, -0.2) is 49.7 Å². The number of carbonyl (C=O) groups excluding carboxylic acids is 3. The summed E-state index contributed by atoms with van der Waals surface area (Å²) in [6.07, 6.45) is 0.278. The van der Waals surface area contributed by atoms with Crippen molar-refractivity contribution >= 4 is 17.5 Å². The molecule has 0 radical (unpaired) electrons. The number of rotatable bonds is 0. The third-order valence-electron chi connectivity index (χ3n) is 6.33. The Balaban J connectivity index is 1.95. The van der Waals surface area contributed by atoms with Gasteiger partial charge in [-0.15, -0.1) is 0 Å². The number of benzene rings is 1. The molecule has 1 aromatic carbocycles. The summed E-state index contributed by atoms with van der Waals surface area (Å²) in [5.74, 6) is -5.95. The molecule has 5 atom stereocenters. The fraction of sp³-hybridized carbons (Fsp3) is 0.550. The van der Waals surface area contributed by atoms with Crippen molar-refractivity contribution in [3.05, 3.63) is 23.3 Å². The fourth-order valence-corrected chi connectivity index (χ4v) is 5.10. The second-order valence-electron chi connectivity index (χ2n) is 8.23. The van der Waals surface area contributed by atoms with E-state index in [-0.39, 0.29) is 23.3 Å². The third-order valence-corrected chi connectivity index (χ3v) is 6.33. The van der Waals surface area contributed by atoms with Crippen LogP contribution >= 0.6 is 0 Å². The maximum Gasteiger partial charge on any atom is 0.309 e. The first-order valence-electron chi connectivity index (χ1n) is 9.37. The van der Waals surface area contributed by atoms with Gasteiger partial charge in [0.15, 0.2) is 17.2 Å². The van der Waals surface area contributed by atoms with Gasteiger partial charge in [-0.2, -0.15) is 0 Å². The van der Waals surface area contributed by atoms with Gasteiger partial charge in [-0.3, -0.25) is 14.4 Å². The number of esters is 1. The summed E-state index contributed by atoms with van der Waals surface area (Å²) in [6, 6.07) is 2.06. The first-order chi connectivity index (χ1) is 13.1. The molecule has 4 rings (SSSR count). The second-order valence-corrected chi connectivity index (χ2v) is 8.23. The Bertz CT molecular complexity index is 892. The molecule has 2 fully saturated rings. The highest BCUT2D eigenvalue weighted by Gasteiger charge is 2.66. The molecular weight excluding hydrogens is 368 g/mol. The van der Waals surface area contributed by atoms with Crippen LogP contribution in [0.1, 0.15) is 54.9 Å². The highest BCUT2D eigenvalue weighted by atomic mass is 16.5. The SMILES string of the molecule is C[C@@H]1CCC[C@@H]2C[C@@](O)(CC(=O)O1)[C@@H]1C(=O)c3c(O)cc(O)cc3[C@@]2(O)C1=O. The van der Waals surface area contributed by atoms with Crippen LogP contribution in [0.15, 0.2) is 12.1 Å². The van der Waals surface area contributed by atoms with Crippen molar-refractivity contribution in [1.82, 2.24) is 0 Å². The Kier molecular flexibility index (Phi) is 4.06. The number of phenols is 2. The molecule has 0 unspecified atom stereocenters. The van der Waals surface area contributed by atoms with Gasteiger partial charge in [-0.25, -0.2) is 0 Å². The molecule has 0 spiro atoms. The molecule has 0 amide bonds. The summed E-state index contributed by atoms with van der Waals surface area (Å²) in [5.41, 5.74) is -4.59. The molecule has 1 aromatic rings. The minimum Gasteiger partial charge on any atom is -0.508 e. The van der Waals surface area contributed by atoms with Gasteiger partial charge in [-0.1, -0.05) is 0 Å². The van der Waals surface area contributed by atoms with E-state index in [2.05, 4.69) is 0 Å². The van der Waals surface area contributed by atoms with E-state index in [1.54, 1.807) is 6.92 Å². The Morgan fingerprint density at radius 3 is 2.54 bits per heavy atom. The minimum absolute atomic E-state index is 0.143. The number of cyclic esters (lactones) is 1. The number of hydrogen-bond acceptors (Lipinski definition) is 8. The van der Waals surface area contributed by atoms with E-state index < -0.39 is 58.8 Å². The van der Waals surface area contributed by atoms with Crippen LogP contribution < -0.4 is 0 Å². The van der Waals surface area contributed by atoms with Gasteiger partial charge >= 0.3 is 5.97 Å². The average molecular weight is 390 g/mol. The zero-order valence-electron chi connectivity index (χ0n) is 15.3. The number of aromatic hydroxyl groups is 2. The van der Waals surface area contributed by atoms with Crippen molar-refractivity contribution in [3.63, 3.8) is 0 Å². The van der Waals surface area contributed by atoms with Gasteiger partial charge in [-0.05, 0) is 38.7 Å². The number of carbonyl (C=O) groups is 3. The number of ether oxygens (including phenoxy) is 1. The van der Waals surface area contributed by atoms with Gasteiger partial charge in [0.05, 0.1) is 23.7 Å². The van der Waals surface area contributed by atoms with E-state index in [0.717, 1.165) is 12.1 Å². The number of Topliss-reactive ketones (excluding diaryl/α,β-unsaturated/α-hetero) is 2. The molecule has 4 bridgehead atoms. The lowest BCUT2D eigenvalue weighted by Gasteiger charge is -2.52. The van der Waals surface area contributed by atoms with E-state index in [0.29, 0.717) is 19.3 Å². The molecule has 2 aliphatic carbocycles. The molecule has 28 heavy (non-hydrogen) atoms. The summed E-state index contributed by atoms with van der Waals surface area (Å²) in [7, 11) is 0. The third kappa shape index (κ3) is 2.48. The lowest BCUT2D eigenvalue weighted by atomic mass is 9.53. The van der Waals surface area contributed by atoms with Crippen LogP contribution in [0.5, 0.6) is 11.5 Å². The molecule has 8 heteroatoms. The van der Waals surface area contributed by atoms with Crippen LogP contribution in [0.3, 0.4) is 0 Å². The zero-order valence-corrected chi connectivity index (χ0v) is 15.3. The molecule has 1 heterocycles. The van der Waals surface area contributed by atoms with Crippen LogP contribution in [0.2, 0.25) is 0 Å². The molecule has 8 nitrogen and oxygen atoms in total. The molecular formula is C20H22O8. The van der Waals surface area contributed by atoms with Gasteiger partial charge in [0.25, 0.3) is 0 Å². The van der Waals surface area contributed by atoms with Crippen molar-refractivity contribution in [2.45, 2.75) is 56.3 Å². The van der Waals surface area contributed by atoms with E-state index in [1.807, 2.05) is 0 Å². The van der Waals surface area contributed by atoms with Crippen LogP contribution in [0.25, 0.3) is 0 Å². The van der Waals surface area contributed by atoms with Gasteiger partial charge in [0, 0.05) is 17.5 Å². The second kappa shape index (κ2) is 6.02. The summed E-state index contributed by atoms with van der Waals surface area (Å²) < 4.78 is 5.26. The van der Waals surface area contributed by atoms with E-state index >= 15 is 0 Å². The Morgan fingerprint density at radius 2 is 1.82 bits per heavy atom. The largest absolute Gasteiger partial charge is 0.508 e. The van der Waals surface area contributed by atoms with Crippen LogP contribution in [0.4, 0.5) is 0 Å². The fourth-order valence-electron chi connectivity index (χ4n) is 5.10. The first-order valence-corrected chi connectivity index (χ1v) is 9.37. The predicted octanol–water partition coefficient (Wildman–Crippen LogP) is 0.924. The normalized spacial score (nSPS) is 37.8. The highest BCUT2D eigenvalue weighted by Crippen LogP contribution is 2.56. The van der Waals surface area contributed by atoms with Crippen molar-refractivity contribution in [1.29, 1.82) is 0 Å². The van der Waals surface area contributed by atoms with Crippen molar-refractivity contribution in [3.8, 4) is 11.5 Å². The number of hydrogen-bond donors (Lipinski definition) is 4. The number of phenolic OH excluding ortho intramolecular Hbond substituents is 2. The van der Waals surface area contributed by atoms with Crippen LogP contribution in [0, 0.1) is 11.8 Å². The average Bonchev–Trinajstić information content (AvgIpc) is 2.56. The summed E-state index contributed by atoms with van der Waals surface area (Å²) in [5, 5.41) is 42.8. The summed E-state index contributed by atoms with van der Waals surface area (Å²) in [4.78, 5) is 38.6. The lowest BCUT2D eigenvalue weighted by Crippen LogP contribution is -2.66. The molecule has 0 aromatic heterocycles. The quantitative estimate of drug-likeness (QED) is 0.379. The molecule has 150 valence electrons. The maximum atomic E-state index is 13.2. The summed E-state index contributed by atoms with van der Waals surface area (Å²) >= 11 is 0. The Morgan fingerprint density at radius 1 is 1.11 bits per heavy atom. The summed E-state index contributed by atoms with van der Waals surface area (Å²) in [6.45, 7) is 1.72. The standard InChI is InChI=1S/C20H22O8/c1-9-3-2-4-10-7-19(26,8-14(23)28-9)16-17(24)15-12(20(10,27)18(16)25)5-11(21)6-13(15)22/h5-6,9-10,16,21-22,26-27H,2-4,7-8H2,1H3/t9-,10-,16-,19-,20-/m1/s1. The number of fused-ring (bicyclic) bond motifs is 8. The molecule has 1 saturated heterocycles. The van der Waals surface area contributed by atoms with Gasteiger partial charge in [0.2, 0.25) is 0 Å². The zero-order chi connectivity index (χ0) is 20.4. The van der Waals surface area contributed by atoms with E-state index in [1.165, 1.54) is 0 Å². The van der Waals surface area contributed by atoms with Crippen molar-refractivity contribution in [2.75, 3.05) is 0 Å². The molecule has 4 N–H and O–H groups in total. The smallest absolute Gasteiger partial charge is 0.309 e. The Hall–Kier alpha value is -2.45. The highest BCUT2D eigenvalue weighted by molar-refractivity contribution is 6.20. The van der Waals surface area contributed by atoms with Gasteiger partial charge in [0.1, 0.15) is 17.4 Å².